The Morgan fingerprint density at radius 3 is 2.85 bits per heavy atom. The van der Waals surface area contributed by atoms with Crippen LogP contribution >= 0.6 is 22.9 Å². The molecule has 27 heavy (non-hydrogen) atoms. The number of rotatable bonds is 6. The van der Waals surface area contributed by atoms with E-state index in [1.165, 1.54) is 16.2 Å². The highest BCUT2D eigenvalue weighted by Crippen LogP contribution is 2.40. The van der Waals surface area contributed by atoms with Gasteiger partial charge in [-0.3, -0.25) is 4.79 Å². The molecule has 2 N–H and O–H groups in total. The maximum atomic E-state index is 12.5. The first-order chi connectivity index (χ1) is 13.0. The Balaban J connectivity index is 1.76. The Hall–Kier alpha value is -2.05. The SMILES string of the molecule is CCOC(=O)c1c(NC(=O)CNc2ccccc2Cl)sc2c1CCC(C)C2. The lowest BCUT2D eigenvalue weighted by Crippen LogP contribution is -2.23. The van der Waals surface area contributed by atoms with Crippen molar-refractivity contribution in [1.82, 2.24) is 0 Å². The van der Waals surface area contributed by atoms with E-state index in [2.05, 4.69) is 17.6 Å². The summed E-state index contributed by atoms with van der Waals surface area (Å²) in [7, 11) is 0. The quantitative estimate of drug-likeness (QED) is 0.679. The molecule has 0 aliphatic heterocycles. The van der Waals surface area contributed by atoms with Crippen molar-refractivity contribution in [3.05, 3.63) is 45.3 Å². The van der Waals surface area contributed by atoms with Crippen molar-refractivity contribution < 1.29 is 14.3 Å². The number of fused-ring (bicyclic) bond motifs is 1. The van der Waals surface area contributed by atoms with Gasteiger partial charge in [-0.05, 0) is 49.8 Å². The summed E-state index contributed by atoms with van der Waals surface area (Å²) in [6, 6.07) is 7.25. The van der Waals surface area contributed by atoms with Gasteiger partial charge in [0.15, 0.2) is 0 Å². The second-order valence-electron chi connectivity index (χ2n) is 6.66. The van der Waals surface area contributed by atoms with Gasteiger partial charge < -0.3 is 15.4 Å². The Kier molecular flexibility index (Phi) is 6.39. The molecule has 0 spiro atoms. The van der Waals surface area contributed by atoms with E-state index >= 15 is 0 Å². The Morgan fingerprint density at radius 2 is 2.11 bits per heavy atom. The van der Waals surface area contributed by atoms with Crippen molar-refractivity contribution in [2.75, 3.05) is 23.8 Å². The molecule has 0 fully saturated rings. The number of hydrogen-bond acceptors (Lipinski definition) is 5. The molecule has 0 saturated heterocycles. The molecule has 0 saturated carbocycles. The van der Waals surface area contributed by atoms with Gasteiger partial charge in [-0.2, -0.15) is 0 Å². The van der Waals surface area contributed by atoms with Crippen LogP contribution in [0.4, 0.5) is 10.7 Å². The summed E-state index contributed by atoms with van der Waals surface area (Å²) >= 11 is 7.58. The lowest BCUT2D eigenvalue weighted by Gasteiger charge is -2.18. The average molecular weight is 407 g/mol. The molecule has 1 heterocycles. The van der Waals surface area contributed by atoms with Gasteiger partial charge in [0.1, 0.15) is 5.00 Å². The number of thiophene rings is 1. The first-order valence-corrected chi connectivity index (χ1v) is 10.3. The summed E-state index contributed by atoms with van der Waals surface area (Å²) in [5.74, 6) is -0.0114. The number of esters is 1. The minimum atomic E-state index is -0.362. The molecule has 1 aromatic carbocycles. The number of hydrogen-bond donors (Lipinski definition) is 2. The lowest BCUT2D eigenvalue weighted by atomic mass is 9.88. The molecule has 5 nitrogen and oxygen atoms in total. The first kappa shape index (κ1) is 19.7. The van der Waals surface area contributed by atoms with Crippen molar-refractivity contribution in [2.45, 2.75) is 33.1 Å². The third-order valence-corrected chi connectivity index (χ3v) is 6.06. The van der Waals surface area contributed by atoms with Crippen LogP contribution in [0, 0.1) is 5.92 Å². The van der Waals surface area contributed by atoms with Crippen LogP contribution in [0.5, 0.6) is 0 Å². The van der Waals surface area contributed by atoms with Gasteiger partial charge in [0.05, 0.1) is 29.4 Å². The van der Waals surface area contributed by atoms with Crippen molar-refractivity contribution in [1.29, 1.82) is 0 Å². The monoisotopic (exact) mass is 406 g/mol. The van der Waals surface area contributed by atoms with Gasteiger partial charge in [-0.1, -0.05) is 30.7 Å². The molecule has 2 aromatic rings. The number of halogens is 1. The number of anilines is 2. The lowest BCUT2D eigenvalue weighted by molar-refractivity contribution is -0.114. The zero-order valence-corrected chi connectivity index (χ0v) is 17.0. The van der Waals surface area contributed by atoms with Gasteiger partial charge in [0, 0.05) is 4.88 Å². The van der Waals surface area contributed by atoms with Gasteiger partial charge in [0.2, 0.25) is 5.91 Å². The summed E-state index contributed by atoms with van der Waals surface area (Å²) in [6.45, 7) is 4.36. The third kappa shape index (κ3) is 4.62. The zero-order valence-electron chi connectivity index (χ0n) is 15.4. The maximum absolute atomic E-state index is 12.5. The fourth-order valence-electron chi connectivity index (χ4n) is 3.21. The summed E-state index contributed by atoms with van der Waals surface area (Å²) < 4.78 is 5.23. The summed E-state index contributed by atoms with van der Waals surface area (Å²) in [6.07, 6.45) is 2.81. The van der Waals surface area contributed by atoms with Crippen LogP contribution in [0.25, 0.3) is 0 Å². The summed E-state index contributed by atoms with van der Waals surface area (Å²) in [5.41, 5.74) is 2.25. The predicted octanol–water partition coefficient (Wildman–Crippen LogP) is 4.75. The third-order valence-electron chi connectivity index (χ3n) is 4.56. The van der Waals surface area contributed by atoms with E-state index in [-0.39, 0.29) is 18.4 Å². The second kappa shape index (κ2) is 8.76. The van der Waals surface area contributed by atoms with E-state index in [1.54, 1.807) is 13.0 Å². The smallest absolute Gasteiger partial charge is 0.341 e. The number of para-hydroxylation sites is 1. The van der Waals surface area contributed by atoms with E-state index in [4.69, 9.17) is 16.3 Å². The molecule has 7 heteroatoms. The largest absolute Gasteiger partial charge is 0.462 e. The normalized spacial score (nSPS) is 15.7. The highest BCUT2D eigenvalue weighted by molar-refractivity contribution is 7.17. The molecule has 1 aliphatic rings. The van der Waals surface area contributed by atoms with Crippen molar-refractivity contribution >= 4 is 45.5 Å². The fraction of sp³-hybridized carbons (Fsp3) is 0.400. The van der Waals surface area contributed by atoms with Crippen molar-refractivity contribution in [2.24, 2.45) is 5.92 Å². The highest BCUT2D eigenvalue weighted by Gasteiger charge is 2.29. The van der Waals surface area contributed by atoms with Crippen molar-refractivity contribution in [3.63, 3.8) is 0 Å². The van der Waals surface area contributed by atoms with Crippen LogP contribution in [0.3, 0.4) is 0 Å². The molecule has 3 rings (SSSR count). The van der Waals surface area contributed by atoms with Crippen molar-refractivity contribution in [3.8, 4) is 0 Å². The van der Waals surface area contributed by atoms with Gasteiger partial charge in [-0.15, -0.1) is 11.3 Å². The number of carbonyl (C=O) groups excluding carboxylic acids is 2. The molecule has 1 atom stereocenters. The molecule has 1 aromatic heterocycles. The minimum Gasteiger partial charge on any atom is -0.462 e. The van der Waals surface area contributed by atoms with Gasteiger partial charge in [-0.25, -0.2) is 4.79 Å². The molecular formula is C20H23ClN2O3S. The molecule has 1 aliphatic carbocycles. The fourth-order valence-corrected chi connectivity index (χ4v) is 4.83. The number of amides is 1. The van der Waals surface area contributed by atoms with Gasteiger partial charge >= 0.3 is 5.97 Å². The highest BCUT2D eigenvalue weighted by atomic mass is 35.5. The molecule has 0 bridgehead atoms. The van der Waals surface area contributed by atoms with Gasteiger partial charge in [0.25, 0.3) is 0 Å². The van der Waals surface area contributed by atoms with Crippen LogP contribution in [-0.2, 0) is 22.4 Å². The summed E-state index contributed by atoms with van der Waals surface area (Å²) in [5, 5.41) is 7.04. The minimum absolute atomic E-state index is 0.0605. The van der Waals surface area contributed by atoms with Crippen LogP contribution in [0.1, 0.15) is 41.1 Å². The molecule has 1 amide bonds. The number of nitrogens with one attached hydrogen (secondary N) is 2. The number of carbonyl (C=O) groups is 2. The maximum Gasteiger partial charge on any atom is 0.341 e. The van der Waals surface area contributed by atoms with E-state index in [0.717, 1.165) is 24.8 Å². The van der Waals surface area contributed by atoms with Crippen LogP contribution < -0.4 is 10.6 Å². The Morgan fingerprint density at radius 1 is 1.33 bits per heavy atom. The van der Waals surface area contributed by atoms with E-state index in [1.807, 2.05) is 18.2 Å². The van der Waals surface area contributed by atoms with E-state index in [9.17, 15) is 9.59 Å². The summed E-state index contributed by atoms with van der Waals surface area (Å²) in [4.78, 5) is 26.1. The molecule has 144 valence electrons. The molecule has 1 unspecified atom stereocenters. The van der Waals surface area contributed by atoms with E-state index < -0.39 is 0 Å². The van der Waals surface area contributed by atoms with E-state index in [0.29, 0.717) is 33.8 Å². The van der Waals surface area contributed by atoms with Crippen LogP contribution in [0.2, 0.25) is 5.02 Å². The van der Waals surface area contributed by atoms with Crippen LogP contribution in [0.15, 0.2) is 24.3 Å². The first-order valence-electron chi connectivity index (χ1n) is 9.09. The standard InChI is InChI=1S/C20H23ClN2O3S/c1-3-26-20(25)18-13-9-8-12(2)10-16(13)27-19(18)23-17(24)11-22-15-7-5-4-6-14(15)21/h4-7,12,22H,3,8-11H2,1-2H3,(H,23,24). The van der Waals surface area contributed by atoms with Crippen LogP contribution in [-0.4, -0.2) is 25.0 Å². The predicted molar refractivity (Wildman–Crippen MR) is 110 cm³/mol. The Bertz CT molecular complexity index is 850. The molecular weight excluding hydrogens is 384 g/mol. The average Bonchev–Trinajstić information content (AvgIpc) is 2.98. The Labute approximate surface area is 168 Å². The molecule has 0 radical (unpaired) electrons. The topological polar surface area (TPSA) is 67.4 Å². The number of benzene rings is 1. The second-order valence-corrected chi connectivity index (χ2v) is 8.17. The number of ether oxygens (including phenoxy) is 1. The zero-order chi connectivity index (χ0) is 19.4.